The molecular weight excluding hydrogens is 240 g/mol. The minimum Gasteiger partial charge on any atom is -0.330 e. The van der Waals surface area contributed by atoms with Gasteiger partial charge in [-0.1, -0.05) is 0 Å². The Hall–Kier alpha value is -0.240. The molecule has 0 heterocycles. The molecule has 0 amide bonds. The van der Waals surface area contributed by atoms with Crippen LogP contribution >= 0.6 is 0 Å². The summed E-state index contributed by atoms with van der Waals surface area (Å²) in [6.07, 6.45) is 4.26. The molecule has 0 aliphatic heterocycles. The molecule has 116 valence electrons. The van der Waals surface area contributed by atoms with Gasteiger partial charge in [0.25, 0.3) is 0 Å². The Labute approximate surface area is 118 Å². The molecule has 0 fully saturated rings. The van der Waals surface area contributed by atoms with Crippen LogP contribution in [0.15, 0.2) is 0 Å². The number of nitrogens with two attached hydrogens (primary N) is 4. The van der Waals surface area contributed by atoms with E-state index in [4.69, 9.17) is 22.9 Å². The average molecular weight is 274 g/mol. The Bertz CT molecular complexity index is 171. The van der Waals surface area contributed by atoms with Crippen molar-refractivity contribution in [2.24, 2.45) is 22.9 Å². The molecule has 6 heteroatoms. The van der Waals surface area contributed by atoms with Gasteiger partial charge in [0.1, 0.15) is 0 Å². The van der Waals surface area contributed by atoms with Crippen LogP contribution in [0.5, 0.6) is 0 Å². The van der Waals surface area contributed by atoms with Gasteiger partial charge in [0.2, 0.25) is 0 Å². The van der Waals surface area contributed by atoms with E-state index in [1.807, 2.05) is 0 Å². The lowest BCUT2D eigenvalue weighted by Gasteiger charge is -2.24. The third kappa shape index (κ3) is 11.3. The van der Waals surface area contributed by atoms with Gasteiger partial charge in [0.15, 0.2) is 0 Å². The first-order valence-electron chi connectivity index (χ1n) is 7.53. The fourth-order valence-electron chi connectivity index (χ4n) is 2.09. The van der Waals surface area contributed by atoms with Gasteiger partial charge in [-0.25, -0.2) is 0 Å². The van der Waals surface area contributed by atoms with Gasteiger partial charge in [-0.2, -0.15) is 0 Å². The Morgan fingerprint density at radius 2 is 0.842 bits per heavy atom. The minimum atomic E-state index is 0.617. The van der Waals surface area contributed by atoms with Crippen molar-refractivity contribution in [2.75, 3.05) is 59.0 Å². The van der Waals surface area contributed by atoms with E-state index >= 15 is 0 Å². The molecule has 0 saturated heterocycles. The fraction of sp³-hybridized carbons (Fsp3) is 1.00. The van der Waals surface area contributed by atoms with Crippen LogP contribution in [0.1, 0.15) is 25.7 Å². The number of hydrogen-bond donors (Lipinski definition) is 4. The highest BCUT2D eigenvalue weighted by Crippen LogP contribution is 1.98. The van der Waals surface area contributed by atoms with Crippen LogP contribution in [0.2, 0.25) is 0 Å². The zero-order valence-corrected chi connectivity index (χ0v) is 12.4. The smallest absolute Gasteiger partial charge is 0.0455 e. The third-order valence-electron chi connectivity index (χ3n) is 3.24. The van der Waals surface area contributed by atoms with Crippen molar-refractivity contribution in [3.05, 3.63) is 0 Å². The molecule has 0 aromatic rings. The maximum absolute atomic E-state index is 5.73. The van der Waals surface area contributed by atoms with Crippen molar-refractivity contribution in [3.8, 4) is 0 Å². The van der Waals surface area contributed by atoms with E-state index in [9.17, 15) is 0 Å². The zero-order valence-electron chi connectivity index (χ0n) is 12.4. The summed E-state index contributed by atoms with van der Waals surface area (Å²) >= 11 is 0. The van der Waals surface area contributed by atoms with E-state index in [2.05, 4.69) is 9.80 Å². The Kier molecular flexibility index (Phi) is 14.0. The molecule has 6 nitrogen and oxygen atoms in total. The minimum absolute atomic E-state index is 0.617. The molecule has 0 aliphatic carbocycles. The van der Waals surface area contributed by atoms with Gasteiger partial charge in [-0.15, -0.1) is 0 Å². The predicted octanol–water partition coefficient (Wildman–Crippen LogP) is -1.06. The van der Waals surface area contributed by atoms with E-state index < -0.39 is 0 Å². The summed E-state index contributed by atoms with van der Waals surface area (Å²) in [4.78, 5) is 4.72. The van der Waals surface area contributed by atoms with E-state index in [0.717, 1.165) is 78.0 Å². The standard InChI is InChI=1S/C13H34N6/c14-5-1-8-18(9-2-6-15)11-4-12-19(13-17)10-3-7-16/h1-17H2. The zero-order chi connectivity index (χ0) is 14.3. The molecule has 0 aromatic carbocycles. The van der Waals surface area contributed by atoms with Crippen molar-refractivity contribution >= 4 is 0 Å². The van der Waals surface area contributed by atoms with E-state index in [1.165, 1.54) is 0 Å². The molecular formula is C13H34N6. The second kappa shape index (κ2) is 14.2. The third-order valence-corrected chi connectivity index (χ3v) is 3.24. The lowest BCUT2D eigenvalue weighted by Crippen LogP contribution is -2.36. The Morgan fingerprint density at radius 1 is 0.474 bits per heavy atom. The van der Waals surface area contributed by atoms with E-state index in [1.54, 1.807) is 0 Å². The molecule has 0 saturated carbocycles. The van der Waals surface area contributed by atoms with Crippen LogP contribution in [0.25, 0.3) is 0 Å². The lowest BCUT2D eigenvalue weighted by molar-refractivity contribution is 0.226. The molecule has 8 N–H and O–H groups in total. The lowest BCUT2D eigenvalue weighted by atomic mass is 10.2. The van der Waals surface area contributed by atoms with E-state index in [0.29, 0.717) is 6.67 Å². The second-order valence-corrected chi connectivity index (χ2v) is 4.92. The monoisotopic (exact) mass is 274 g/mol. The highest BCUT2D eigenvalue weighted by atomic mass is 15.2. The summed E-state index contributed by atoms with van der Waals surface area (Å²) in [6.45, 7) is 8.14. The number of nitrogens with zero attached hydrogens (tertiary/aromatic N) is 2. The van der Waals surface area contributed by atoms with Crippen LogP contribution in [0, 0.1) is 0 Å². The summed E-state index contributed by atoms with van der Waals surface area (Å²) in [5, 5.41) is 0. The first kappa shape index (κ1) is 18.8. The normalized spacial score (nSPS) is 11.7. The van der Waals surface area contributed by atoms with Crippen LogP contribution < -0.4 is 22.9 Å². The molecule has 0 atom stereocenters. The number of rotatable bonds is 14. The van der Waals surface area contributed by atoms with Crippen LogP contribution in [-0.2, 0) is 0 Å². The van der Waals surface area contributed by atoms with E-state index in [-0.39, 0.29) is 0 Å². The highest BCUT2D eigenvalue weighted by Gasteiger charge is 2.06. The highest BCUT2D eigenvalue weighted by molar-refractivity contribution is 4.62. The molecule has 0 aromatic heterocycles. The van der Waals surface area contributed by atoms with Crippen molar-refractivity contribution in [1.82, 2.24) is 9.80 Å². The van der Waals surface area contributed by atoms with Crippen LogP contribution in [0.3, 0.4) is 0 Å². The fourth-order valence-corrected chi connectivity index (χ4v) is 2.09. The average Bonchev–Trinajstić information content (AvgIpc) is 2.44. The molecule has 0 bridgehead atoms. The molecule has 0 aliphatic rings. The second-order valence-electron chi connectivity index (χ2n) is 4.92. The SMILES string of the molecule is NCCCN(CN)CCCN(CCCN)CCCN. The van der Waals surface area contributed by atoms with Crippen LogP contribution in [-0.4, -0.2) is 68.8 Å². The predicted molar refractivity (Wildman–Crippen MR) is 82.7 cm³/mol. The van der Waals surface area contributed by atoms with Gasteiger partial charge in [0.05, 0.1) is 0 Å². The van der Waals surface area contributed by atoms with Crippen LogP contribution in [0.4, 0.5) is 0 Å². The summed E-state index contributed by atoms with van der Waals surface area (Å²) in [5.74, 6) is 0. The quantitative estimate of drug-likeness (QED) is 0.301. The van der Waals surface area contributed by atoms with Crippen molar-refractivity contribution in [3.63, 3.8) is 0 Å². The molecule has 0 spiro atoms. The molecule has 0 unspecified atom stereocenters. The topological polar surface area (TPSA) is 111 Å². The summed E-state index contributed by atoms with van der Waals surface area (Å²) in [5.41, 5.74) is 22.4. The molecule has 0 rings (SSSR count). The van der Waals surface area contributed by atoms with Crippen molar-refractivity contribution < 1.29 is 0 Å². The van der Waals surface area contributed by atoms with Gasteiger partial charge < -0.3 is 27.8 Å². The first-order valence-corrected chi connectivity index (χ1v) is 7.53. The van der Waals surface area contributed by atoms with Gasteiger partial charge in [-0.3, -0.25) is 4.90 Å². The van der Waals surface area contributed by atoms with Crippen molar-refractivity contribution in [2.45, 2.75) is 25.7 Å². The van der Waals surface area contributed by atoms with Gasteiger partial charge in [0, 0.05) is 19.8 Å². The number of hydrogen-bond acceptors (Lipinski definition) is 6. The Morgan fingerprint density at radius 3 is 1.26 bits per heavy atom. The summed E-state index contributed by atoms with van der Waals surface area (Å²) in [7, 11) is 0. The summed E-state index contributed by atoms with van der Waals surface area (Å²) in [6, 6.07) is 0. The maximum Gasteiger partial charge on any atom is 0.0455 e. The van der Waals surface area contributed by atoms with Crippen molar-refractivity contribution in [1.29, 1.82) is 0 Å². The first-order chi connectivity index (χ1) is 9.28. The van der Waals surface area contributed by atoms with Gasteiger partial charge in [-0.05, 0) is 65.0 Å². The maximum atomic E-state index is 5.73. The molecule has 19 heavy (non-hydrogen) atoms. The van der Waals surface area contributed by atoms with Gasteiger partial charge >= 0.3 is 0 Å². The largest absolute Gasteiger partial charge is 0.330 e. The summed E-state index contributed by atoms with van der Waals surface area (Å²) < 4.78 is 0. The molecule has 0 radical (unpaired) electrons. The Balaban J connectivity index is 3.80.